The molecule has 0 aliphatic rings. The van der Waals surface area contributed by atoms with Crippen LogP contribution in [0.25, 0.3) is 0 Å². The molecule has 0 aliphatic carbocycles. The number of hydrogen-bond acceptors (Lipinski definition) is 7. The van der Waals surface area contributed by atoms with Crippen LogP contribution in [0, 0.1) is 0 Å². The standard InChI is InChI=1S/C32H41N7O5/c1-32(2,3)44-28(41)19-26(21-35-38-31(33)43)36-27(40)22-39(18-17-24-13-8-5-9-14-24)30(42)29-34-20-25(37-29)16-10-15-23-11-6-4-7-12-23/h4-9,11-14,20-21,26H,10,15-19,22H2,1-3H3,(H,34,37)(H,36,40)(H3,33,38,43)/t26-/m0/s1. The SMILES string of the molecule is CC(C)(C)OC(=O)C[C@@H](C=NNC(N)=O)NC(=O)CN(CCc1ccccc1)C(=O)c1ncc(CCCc2ccccc2)[nH]1. The van der Waals surface area contributed by atoms with Gasteiger partial charge in [0.25, 0.3) is 5.91 Å². The molecule has 2 aromatic carbocycles. The Morgan fingerprint density at radius 3 is 2.25 bits per heavy atom. The van der Waals surface area contributed by atoms with Crippen molar-refractivity contribution in [2.45, 2.75) is 64.5 Å². The lowest BCUT2D eigenvalue weighted by molar-refractivity contribution is -0.155. The molecular weight excluding hydrogens is 562 g/mol. The number of benzene rings is 2. The van der Waals surface area contributed by atoms with Crippen molar-refractivity contribution in [1.82, 2.24) is 25.6 Å². The first-order chi connectivity index (χ1) is 21.0. The van der Waals surface area contributed by atoms with Gasteiger partial charge in [0.05, 0.1) is 19.0 Å². The number of carbonyl (C=O) groups is 4. The van der Waals surface area contributed by atoms with Gasteiger partial charge in [-0.1, -0.05) is 60.7 Å². The van der Waals surface area contributed by atoms with E-state index in [0.717, 1.165) is 24.1 Å². The van der Waals surface area contributed by atoms with E-state index in [0.29, 0.717) is 12.8 Å². The summed E-state index contributed by atoms with van der Waals surface area (Å²) in [5, 5.41) is 6.38. The maximum atomic E-state index is 13.6. The second-order valence-electron chi connectivity index (χ2n) is 11.3. The molecule has 0 spiro atoms. The number of rotatable bonds is 15. The van der Waals surface area contributed by atoms with Gasteiger partial charge in [-0.15, -0.1) is 0 Å². The number of imidazole rings is 1. The molecule has 3 aromatic rings. The highest BCUT2D eigenvalue weighted by Gasteiger charge is 2.25. The zero-order chi connectivity index (χ0) is 32.0. The molecule has 0 radical (unpaired) electrons. The lowest BCUT2D eigenvalue weighted by Gasteiger charge is -2.24. The summed E-state index contributed by atoms with van der Waals surface area (Å²) in [6, 6.07) is 17.9. The molecular formula is C32H41N7O5. The largest absolute Gasteiger partial charge is 0.460 e. The first kappa shape index (κ1) is 33.5. The fourth-order valence-corrected chi connectivity index (χ4v) is 4.35. The van der Waals surface area contributed by atoms with Gasteiger partial charge in [-0.3, -0.25) is 14.4 Å². The van der Waals surface area contributed by atoms with Crippen molar-refractivity contribution in [1.29, 1.82) is 0 Å². The molecule has 4 amide bonds. The maximum Gasteiger partial charge on any atom is 0.332 e. The number of aryl methyl sites for hydroxylation is 2. The van der Waals surface area contributed by atoms with Crippen LogP contribution in [0.1, 0.15) is 61.1 Å². The Kier molecular flexibility index (Phi) is 12.6. The zero-order valence-electron chi connectivity index (χ0n) is 25.4. The molecule has 0 aliphatic heterocycles. The first-order valence-corrected chi connectivity index (χ1v) is 14.5. The zero-order valence-corrected chi connectivity index (χ0v) is 25.4. The number of nitrogens with zero attached hydrogens (tertiary/aromatic N) is 3. The number of aromatic amines is 1. The third kappa shape index (κ3) is 12.5. The monoisotopic (exact) mass is 603 g/mol. The fraction of sp³-hybridized carbons (Fsp3) is 0.375. The third-order valence-electron chi connectivity index (χ3n) is 6.30. The highest BCUT2D eigenvalue weighted by molar-refractivity contribution is 5.94. The van der Waals surface area contributed by atoms with Gasteiger partial charge in [-0.25, -0.2) is 15.2 Å². The van der Waals surface area contributed by atoms with Gasteiger partial charge in [-0.05, 0) is 57.6 Å². The van der Waals surface area contributed by atoms with E-state index in [4.69, 9.17) is 10.5 Å². The number of aromatic nitrogens is 2. The number of hydrogen-bond donors (Lipinski definition) is 4. The molecule has 1 aromatic heterocycles. The van der Waals surface area contributed by atoms with Crippen molar-refractivity contribution in [2.24, 2.45) is 10.8 Å². The number of H-pyrrole nitrogens is 1. The van der Waals surface area contributed by atoms with Crippen molar-refractivity contribution in [3.8, 4) is 0 Å². The normalized spacial score (nSPS) is 12.0. The van der Waals surface area contributed by atoms with Crippen LogP contribution < -0.4 is 16.5 Å². The van der Waals surface area contributed by atoms with Crippen molar-refractivity contribution < 1.29 is 23.9 Å². The van der Waals surface area contributed by atoms with Crippen LogP contribution in [0.15, 0.2) is 72.0 Å². The average molecular weight is 604 g/mol. The Bertz CT molecular complexity index is 1400. The predicted molar refractivity (Wildman–Crippen MR) is 167 cm³/mol. The molecule has 12 heteroatoms. The number of nitrogens with one attached hydrogen (secondary N) is 3. The number of nitrogens with two attached hydrogens (primary N) is 1. The first-order valence-electron chi connectivity index (χ1n) is 14.5. The number of esters is 1. The van der Waals surface area contributed by atoms with Crippen LogP contribution in [0.5, 0.6) is 0 Å². The number of carbonyl (C=O) groups excluding carboxylic acids is 4. The van der Waals surface area contributed by atoms with Crippen LogP contribution in [-0.2, 0) is 33.6 Å². The predicted octanol–water partition coefficient (Wildman–Crippen LogP) is 3.14. The van der Waals surface area contributed by atoms with Gasteiger partial charge in [0.2, 0.25) is 5.91 Å². The summed E-state index contributed by atoms with van der Waals surface area (Å²) in [5.74, 6) is -1.42. The number of amides is 4. The molecule has 0 saturated carbocycles. The van der Waals surface area contributed by atoms with Gasteiger partial charge in [0.1, 0.15) is 5.60 Å². The topological polar surface area (TPSA) is 172 Å². The second kappa shape index (κ2) is 16.6. The number of ether oxygens (including phenoxy) is 1. The van der Waals surface area contributed by atoms with E-state index in [1.807, 2.05) is 54.0 Å². The minimum Gasteiger partial charge on any atom is -0.460 e. The summed E-state index contributed by atoms with van der Waals surface area (Å²) in [4.78, 5) is 59.1. The summed E-state index contributed by atoms with van der Waals surface area (Å²) in [6.07, 6.45) is 5.57. The summed E-state index contributed by atoms with van der Waals surface area (Å²) in [7, 11) is 0. The van der Waals surface area contributed by atoms with Gasteiger partial charge >= 0.3 is 12.0 Å². The van der Waals surface area contributed by atoms with Crippen molar-refractivity contribution >= 4 is 30.0 Å². The lowest BCUT2D eigenvalue weighted by atomic mass is 10.1. The van der Waals surface area contributed by atoms with Crippen LogP contribution in [0.3, 0.4) is 0 Å². The Morgan fingerprint density at radius 1 is 1.00 bits per heavy atom. The number of urea groups is 1. The van der Waals surface area contributed by atoms with Gasteiger partial charge in [0.15, 0.2) is 5.82 Å². The molecule has 234 valence electrons. The molecule has 44 heavy (non-hydrogen) atoms. The average Bonchev–Trinajstić information content (AvgIpc) is 3.43. The Morgan fingerprint density at radius 2 is 1.64 bits per heavy atom. The minimum atomic E-state index is -0.935. The van der Waals surface area contributed by atoms with Crippen LogP contribution in [0.2, 0.25) is 0 Å². The van der Waals surface area contributed by atoms with Crippen molar-refractivity contribution in [3.05, 3.63) is 89.5 Å². The molecule has 0 unspecified atom stereocenters. The van der Waals surface area contributed by atoms with Crippen LogP contribution in [0.4, 0.5) is 4.79 Å². The number of hydrazone groups is 1. The smallest absolute Gasteiger partial charge is 0.332 e. The summed E-state index contributed by atoms with van der Waals surface area (Å²) >= 11 is 0. The van der Waals surface area contributed by atoms with Crippen LogP contribution >= 0.6 is 0 Å². The van der Waals surface area contributed by atoms with Crippen molar-refractivity contribution in [2.75, 3.05) is 13.1 Å². The van der Waals surface area contributed by atoms with E-state index >= 15 is 0 Å². The Labute approximate surface area is 257 Å². The summed E-state index contributed by atoms with van der Waals surface area (Å²) < 4.78 is 5.36. The summed E-state index contributed by atoms with van der Waals surface area (Å²) in [6.45, 7) is 5.11. The van der Waals surface area contributed by atoms with Crippen LogP contribution in [-0.4, -0.2) is 69.6 Å². The van der Waals surface area contributed by atoms with E-state index < -0.39 is 35.5 Å². The Hall–Kier alpha value is -5.00. The highest BCUT2D eigenvalue weighted by atomic mass is 16.6. The van der Waals surface area contributed by atoms with E-state index in [2.05, 4.69) is 32.5 Å². The quantitative estimate of drug-likeness (QED) is 0.118. The second-order valence-corrected chi connectivity index (χ2v) is 11.3. The minimum absolute atomic E-state index is 0.137. The van der Waals surface area contributed by atoms with E-state index in [1.54, 1.807) is 27.0 Å². The van der Waals surface area contributed by atoms with E-state index in [-0.39, 0.29) is 25.3 Å². The van der Waals surface area contributed by atoms with Crippen molar-refractivity contribution in [3.63, 3.8) is 0 Å². The molecule has 1 heterocycles. The van der Waals surface area contributed by atoms with Gasteiger partial charge < -0.3 is 25.7 Å². The third-order valence-corrected chi connectivity index (χ3v) is 6.30. The molecule has 0 fully saturated rings. The van der Waals surface area contributed by atoms with E-state index in [1.165, 1.54) is 16.7 Å². The lowest BCUT2D eigenvalue weighted by Crippen LogP contribution is -2.46. The molecule has 12 nitrogen and oxygen atoms in total. The van der Waals surface area contributed by atoms with Gasteiger partial charge in [-0.2, -0.15) is 5.10 Å². The fourth-order valence-electron chi connectivity index (χ4n) is 4.35. The van der Waals surface area contributed by atoms with E-state index in [9.17, 15) is 19.2 Å². The van der Waals surface area contributed by atoms with Gasteiger partial charge in [0, 0.05) is 24.7 Å². The molecule has 0 saturated heterocycles. The maximum absolute atomic E-state index is 13.6. The molecule has 0 bridgehead atoms. The molecule has 3 rings (SSSR count). The Balaban J connectivity index is 1.69. The highest BCUT2D eigenvalue weighted by Crippen LogP contribution is 2.11. The molecule has 5 N–H and O–H groups in total. The molecule has 1 atom stereocenters. The summed E-state index contributed by atoms with van der Waals surface area (Å²) in [5.41, 5.74) is 9.43. The number of primary amides is 1.